The van der Waals surface area contributed by atoms with Gasteiger partial charge in [-0.1, -0.05) is 27.7 Å². The van der Waals surface area contributed by atoms with Gasteiger partial charge in [0.05, 0.1) is 0 Å². The van der Waals surface area contributed by atoms with Crippen molar-refractivity contribution < 1.29 is 41.7 Å². The first kappa shape index (κ1) is 29.3. The summed E-state index contributed by atoms with van der Waals surface area (Å²) in [5.41, 5.74) is 1.05. The fraction of sp³-hybridized carbons (Fsp3) is 0.562. The predicted molar refractivity (Wildman–Crippen MR) is 146 cm³/mol. The SMILES string of the molecule is CC(C)C1CC(C)(C)Oc2cc3c(cc21)OC(=O)C3c1cc2c(cc1OC(=O)C(F)(F)F)C(C(C)C)CC(C)(C)O2. The average Bonchev–Trinajstić information content (AvgIpc) is 3.14. The fourth-order valence-electron chi connectivity index (χ4n) is 6.46. The Labute approximate surface area is 238 Å². The summed E-state index contributed by atoms with van der Waals surface area (Å²) in [6.45, 7) is 16.2. The number of hydrogen-bond donors (Lipinski definition) is 0. The summed E-state index contributed by atoms with van der Waals surface area (Å²) in [6, 6.07) is 6.50. The minimum absolute atomic E-state index is 0.0652. The molecule has 3 unspecified atom stereocenters. The van der Waals surface area contributed by atoms with Crippen LogP contribution in [0.15, 0.2) is 24.3 Å². The molecule has 0 N–H and O–H groups in total. The zero-order valence-corrected chi connectivity index (χ0v) is 24.7. The Morgan fingerprint density at radius 3 is 1.76 bits per heavy atom. The van der Waals surface area contributed by atoms with Gasteiger partial charge in [0.2, 0.25) is 0 Å². The van der Waals surface area contributed by atoms with Gasteiger partial charge >= 0.3 is 18.1 Å². The van der Waals surface area contributed by atoms with E-state index < -0.39 is 35.2 Å². The number of carbonyl (C=O) groups excluding carboxylic acids is 2. The second-order valence-corrected chi connectivity index (χ2v) is 13.4. The third kappa shape index (κ3) is 5.40. The molecule has 0 saturated carbocycles. The van der Waals surface area contributed by atoms with Gasteiger partial charge in [-0.25, -0.2) is 4.79 Å². The molecule has 41 heavy (non-hydrogen) atoms. The molecule has 9 heteroatoms. The minimum Gasteiger partial charge on any atom is -0.488 e. The molecular weight excluding hydrogens is 537 g/mol. The smallest absolute Gasteiger partial charge is 0.488 e. The number of esters is 2. The van der Waals surface area contributed by atoms with Crippen LogP contribution < -0.4 is 18.9 Å². The van der Waals surface area contributed by atoms with E-state index in [0.29, 0.717) is 40.7 Å². The molecule has 0 amide bonds. The largest absolute Gasteiger partial charge is 0.491 e. The molecule has 0 aliphatic carbocycles. The zero-order valence-electron chi connectivity index (χ0n) is 24.7. The Hall–Kier alpha value is -3.23. The highest BCUT2D eigenvalue weighted by Gasteiger charge is 2.46. The second-order valence-electron chi connectivity index (χ2n) is 13.4. The van der Waals surface area contributed by atoms with Crippen LogP contribution in [0, 0.1) is 11.8 Å². The van der Waals surface area contributed by atoms with Crippen molar-refractivity contribution in [3.63, 3.8) is 0 Å². The third-order valence-electron chi connectivity index (χ3n) is 8.39. The summed E-state index contributed by atoms with van der Waals surface area (Å²) in [5.74, 6) is -2.64. The Bertz CT molecular complexity index is 1410. The van der Waals surface area contributed by atoms with Crippen LogP contribution in [0.5, 0.6) is 23.0 Å². The van der Waals surface area contributed by atoms with E-state index in [4.69, 9.17) is 18.9 Å². The molecule has 222 valence electrons. The maximum atomic E-state index is 13.4. The summed E-state index contributed by atoms with van der Waals surface area (Å²) in [6.07, 6.45) is -3.82. The number of benzene rings is 2. The molecule has 0 saturated heterocycles. The monoisotopic (exact) mass is 574 g/mol. The number of fused-ring (bicyclic) bond motifs is 3. The normalized spacial score (nSPS) is 24.1. The van der Waals surface area contributed by atoms with Crippen molar-refractivity contribution in [2.75, 3.05) is 0 Å². The molecule has 0 spiro atoms. The fourth-order valence-corrected chi connectivity index (χ4v) is 6.46. The minimum atomic E-state index is -5.22. The number of halogens is 3. The lowest BCUT2D eigenvalue weighted by molar-refractivity contribution is -0.189. The Morgan fingerprint density at radius 1 is 0.805 bits per heavy atom. The first-order valence-electron chi connectivity index (χ1n) is 14.1. The van der Waals surface area contributed by atoms with E-state index >= 15 is 0 Å². The lowest BCUT2D eigenvalue weighted by atomic mass is 9.76. The Balaban J connectivity index is 1.69. The first-order valence-corrected chi connectivity index (χ1v) is 14.1. The van der Waals surface area contributed by atoms with Gasteiger partial charge < -0.3 is 18.9 Å². The van der Waals surface area contributed by atoms with E-state index in [2.05, 4.69) is 13.8 Å². The van der Waals surface area contributed by atoms with Crippen molar-refractivity contribution in [2.24, 2.45) is 11.8 Å². The van der Waals surface area contributed by atoms with E-state index in [-0.39, 0.29) is 29.1 Å². The van der Waals surface area contributed by atoms with Crippen LogP contribution in [0.4, 0.5) is 13.2 Å². The lowest BCUT2D eigenvalue weighted by Crippen LogP contribution is -2.36. The van der Waals surface area contributed by atoms with Gasteiger partial charge in [0.25, 0.3) is 0 Å². The van der Waals surface area contributed by atoms with Gasteiger partial charge in [0.1, 0.15) is 40.1 Å². The maximum absolute atomic E-state index is 13.4. The molecule has 6 nitrogen and oxygen atoms in total. The van der Waals surface area contributed by atoms with Crippen LogP contribution in [-0.4, -0.2) is 29.3 Å². The molecule has 0 fully saturated rings. The van der Waals surface area contributed by atoms with E-state index in [0.717, 1.165) is 12.0 Å². The molecule has 3 heterocycles. The zero-order chi connectivity index (χ0) is 30.2. The van der Waals surface area contributed by atoms with Crippen LogP contribution in [0.3, 0.4) is 0 Å². The van der Waals surface area contributed by atoms with Gasteiger partial charge in [-0.15, -0.1) is 0 Å². The second kappa shape index (κ2) is 9.66. The maximum Gasteiger partial charge on any atom is 0.491 e. The molecule has 3 aliphatic heterocycles. The average molecular weight is 575 g/mol. The van der Waals surface area contributed by atoms with Gasteiger partial charge in [-0.2, -0.15) is 13.2 Å². The van der Waals surface area contributed by atoms with E-state index in [9.17, 15) is 22.8 Å². The standard InChI is InChI=1S/C32H37F3O6/c1-15(2)21-13-30(5,6)40-25-11-19-23(9-17(21)25)38-28(36)27(19)20-12-26-18(10-24(20)39-29(37)32(33,34)35)22(16(3)4)14-31(7,8)41-26/h9-12,15-16,21-22,27H,13-14H2,1-8H3. The molecule has 0 bridgehead atoms. The van der Waals surface area contributed by atoms with E-state index in [1.807, 2.05) is 41.5 Å². The molecular formula is C32H37F3O6. The predicted octanol–water partition coefficient (Wildman–Crippen LogP) is 7.81. The van der Waals surface area contributed by atoms with Crippen LogP contribution >= 0.6 is 0 Å². The van der Waals surface area contributed by atoms with Gasteiger partial charge in [0, 0.05) is 22.3 Å². The number of rotatable bonds is 4. The molecule has 2 aromatic carbocycles. The lowest BCUT2D eigenvalue weighted by Gasteiger charge is -2.40. The van der Waals surface area contributed by atoms with Crippen LogP contribution in [0.2, 0.25) is 0 Å². The molecule has 3 aliphatic rings. The highest BCUT2D eigenvalue weighted by atomic mass is 19.4. The molecule has 0 radical (unpaired) electrons. The molecule has 2 aromatic rings. The Kier molecular flexibility index (Phi) is 6.90. The quantitative estimate of drug-likeness (QED) is 0.274. The van der Waals surface area contributed by atoms with E-state index in [1.165, 1.54) is 12.1 Å². The van der Waals surface area contributed by atoms with Crippen molar-refractivity contribution >= 4 is 11.9 Å². The topological polar surface area (TPSA) is 71.1 Å². The van der Waals surface area contributed by atoms with Gasteiger partial charge in [0.15, 0.2) is 0 Å². The summed E-state index contributed by atoms with van der Waals surface area (Å²) >= 11 is 0. The van der Waals surface area contributed by atoms with Crippen molar-refractivity contribution in [3.05, 3.63) is 46.5 Å². The van der Waals surface area contributed by atoms with Crippen LogP contribution in [-0.2, 0) is 9.59 Å². The number of ether oxygens (including phenoxy) is 4. The third-order valence-corrected chi connectivity index (χ3v) is 8.39. The number of alkyl halides is 3. The highest BCUT2D eigenvalue weighted by Crippen LogP contribution is 2.53. The van der Waals surface area contributed by atoms with Crippen molar-refractivity contribution in [3.8, 4) is 23.0 Å². The van der Waals surface area contributed by atoms with Crippen molar-refractivity contribution in [2.45, 2.75) is 103 Å². The Morgan fingerprint density at radius 2 is 1.27 bits per heavy atom. The van der Waals surface area contributed by atoms with Crippen molar-refractivity contribution in [1.29, 1.82) is 0 Å². The molecule has 3 atom stereocenters. The van der Waals surface area contributed by atoms with Crippen LogP contribution in [0.25, 0.3) is 0 Å². The summed E-state index contributed by atoms with van der Waals surface area (Å²) in [5, 5.41) is 0. The summed E-state index contributed by atoms with van der Waals surface area (Å²) in [7, 11) is 0. The van der Waals surface area contributed by atoms with Crippen LogP contribution in [0.1, 0.15) is 108 Å². The van der Waals surface area contributed by atoms with Gasteiger partial charge in [-0.05, 0) is 88.5 Å². The number of carbonyl (C=O) groups is 2. The molecule has 0 aromatic heterocycles. The van der Waals surface area contributed by atoms with Gasteiger partial charge in [-0.3, -0.25) is 4.79 Å². The molecule has 5 rings (SSSR count). The first-order chi connectivity index (χ1) is 18.9. The number of hydrogen-bond acceptors (Lipinski definition) is 6. The van der Waals surface area contributed by atoms with Crippen molar-refractivity contribution in [1.82, 2.24) is 0 Å². The summed E-state index contributed by atoms with van der Waals surface area (Å²) in [4.78, 5) is 25.5. The highest BCUT2D eigenvalue weighted by molar-refractivity contribution is 5.91. The van der Waals surface area contributed by atoms with E-state index in [1.54, 1.807) is 12.1 Å². The summed E-state index contributed by atoms with van der Waals surface area (Å²) < 4.78 is 63.3.